The zero-order valence-electron chi connectivity index (χ0n) is 31.8. The molecule has 60 heavy (non-hydrogen) atoms. The van der Waals surface area contributed by atoms with E-state index in [1.165, 1.54) is 35.4 Å². The summed E-state index contributed by atoms with van der Waals surface area (Å²) in [5.74, 6) is 0.261. The highest BCUT2D eigenvalue weighted by molar-refractivity contribution is 7.80. The fourth-order valence-corrected chi connectivity index (χ4v) is 10.8. The van der Waals surface area contributed by atoms with Gasteiger partial charge in [0.2, 0.25) is 0 Å². The lowest BCUT2D eigenvalue weighted by atomic mass is 10.1. The van der Waals surface area contributed by atoms with Gasteiger partial charge < -0.3 is 10.2 Å². The molecule has 0 fully saturated rings. The Morgan fingerprint density at radius 1 is 0.283 bits per heavy atom. The number of alkyl halides is 6. The van der Waals surface area contributed by atoms with Crippen LogP contribution in [0.5, 0.6) is 11.5 Å². The van der Waals surface area contributed by atoms with Gasteiger partial charge in [-0.1, -0.05) is 170 Å². The maximum atomic E-state index is 13.1. The summed E-state index contributed by atoms with van der Waals surface area (Å²) >= 11 is 0. The van der Waals surface area contributed by atoms with Gasteiger partial charge in [-0.3, -0.25) is 0 Å². The van der Waals surface area contributed by atoms with Crippen LogP contribution in [0.1, 0.15) is 11.1 Å². The summed E-state index contributed by atoms with van der Waals surface area (Å²) in [6.07, 6.45) is -8.74. The maximum Gasteiger partial charge on any atom is 0.416 e. The molecule has 0 amide bonds. The average Bonchev–Trinajstić information content (AvgIpc) is 3.27. The standard InChI is InChI=1S/2C19H14F3OP.C12H10/c2*20-19(21,22)14-5-4-8-18(13-14)24(16-6-2-1-3-7-16)17-11-9-15(23)10-12-17;1-3-7-11(8-4-1)12-9-5-2-6-10-12/h2*1-13,23H;1-10H. The molecule has 0 bridgehead atoms. The van der Waals surface area contributed by atoms with Gasteiger partial charge in [0.25, 0.3) is 0 Å². The lowest BCUT2D eigenvalue weighted by Crippen LogP contribution is -2.21. The van der Waals surface area contributed by atoms with Crippen molar-refractivity contribution in [2.75, 3.05) is 0 Å². The Bertz CT molecular complexity index is 2340. The molecule has 2 atom stereocenters. The molecule has 0 aliphatic heterocycles. The van der Waals surface area contributed by atoms with E-state index < -0.39 is 39.3 Å². The Balaban J connectivity index is 0.000000159. The Kier molecular flexibility index (Phi) is 14.6. The van der Waals surface area contributed by atoms with Crippen molar-refractivity contribution in [2.45, 2.75) is 12.4 Å². The molecular formula is C50H38F6O2P2. The summed E-state index contributed by atoms with van der Waals surface area (Å²) in [6.45, 7) is 0. The molecule has 8 aromatic carbocycles. The average molecular weight is 847 g/mol. The Morgan fingerprint density at radius 2 is 0.550 bits per heavy atom. The third kappa shape index (κ3) is 11.9. The first kappa shape index (κ1) is 43.4. The van der Waals surface area contributed by atoms with E-state index in [1.807, 2.05) is 72.8 Å². The molecule has 0 spiro atoms. The molecule has 8 aromatic rings. The van der Waals surface area contributed by atoms with E-state index in [1.54, 1.807) is 60.7 Å². The molecule has 2 unspecified atom stereocenters. The summed E-state index contributed by atoms with van der Waals surface area (Å²) in [4.78, 5) is 0. The van der Waals surface area contributed by atoms with Crippen molar-refractivity contribution in [1.82, 2.24) is 0 Å². The van der Waals surface area contributed by atoms with E-state index in [9.17, 15) is 36.6 Å². The van der Waals surface area contributed by atoms with Gasteiger partial charge in [0.05, 0.1) is 11.1 Å². The van der Waals surface area contributed by atoms with Crippen molar-refractivity contribution in [1.29, 1.82) is 0 Å². The highest BCUT2D eigenvalue weighted by atomic mass is 31.1. The van der Waals surface area contributed by atoms with E-state index in [-0.39, 0.29) is 11.5 Å². The first-order chi connectivity index (χ1) is 28.9. The minimum absolute atomic E-state index is 0.130. The van der Waals surface area contributed by atoms with Gasteiger partial charge >= 0.3 is 12.4 Å². The highest BCUT2D eigenvalue weighted by Crippen LogP contribution is 2.37. The number of phenolic OH excluding ortho intramolecular Hbond substituents is 2. The van der Waals surface area contributed by atoms with Crippen molar-refractivity contribution in [3.8, 4) is 22.6 Å². The molecular weight excluding hydrogens is 808 g/mol. The first-order valence-electron chi connectivity index (χ1n) is 18.6. The summed E-state index contributed by atoms with van der Waals surface area (Å²) in [6, 6.07) is 63.9. The first-order valence-corrected chi connectivity index (χ1v) is 21.3. The number of hydrogen-bond donors (Lipinski definition) is 2. The largest absolute Gasteiger partial charge is 0.508 e. The number of halogens is 6. The molecule has 10 heteroatoms. The number of benzene rings is 8. The lowest BCUT2D eigenvalue weighted by Gasteiger charge is -2.20. The van der Waals surface area contributed by atoms with Gasteiger partial charge in [0.1, 0.15) is 11.5 Å². The molecule has 8 rings (SSSR count). The number of aromatic hydroxyl groups is 2. The molecule has 0 saturated heterocycles. The monoisotopic (exact) mass is 846 g/mol. The summed E-state index contributed by atoms with van der Waals surface area (Å²) in [7, 11) is -2.27. The highest BCUT2D eigenvalue weighted by Gasteiger charge is 2.32. The van der Waals surface area contributed by atoms with Crippen molar-refractivity contribution in [3.05, 3.63) is 230 Å². The van der Waals surface area contributed by atoms with Crippen LogP contribution in [-0.2, 0) is 12.4 Å². The van der Waals surface area contributed by atoms with Gasteiger partial charge in [0, 0.05) is 0 Å². The van der Waals surface area contributed by atoms with Crippen LogP contribution in [-0.4, -0.2) is 10.2 Å². The van der Waals surface area contributed by atoms with Gasteiger partial charge in [-0.05, 0) is 107 Å². The van der Waals surface area contributed by atoms with Crippen molar-refractivity contribution in [3.63, 3.8) is 0 Å². The second-order valence-electron chi connectivity index (χ2n) is 13.2. The Morgan fingerprint density at radius 3 is 0.850 bits per heavy atom. The SMILES string of the molecule is Oc1ccc(P(c2ccccc2)c2cccc(C(F)(F)F)c2)cc1.Oc1ccc(P(c2ccccc2)c2cccc(C(F)(F)F)c2)cc1.c1ccc(-c2ccccc2)cc1. The second-order valence-corrected chi connectivity index (χ2v) is 17.6. The molecule has 0 heterocycles. The Hall–Kier alpha value is -6.20. The van der Waals surface area contributed by atoms with Crippen LogP contribution in [0.25, 0.3) is 11.1 Å². The second kappa shape index (κ2) is 20.2. The van der Waals surface area contributed by atoms with Crippen molar-refractivity contribution < 1.29 is 36.6 Å². The maximum absolute atomic E-state index is 13.1. The molecule has 2 N–H and O–H groups in total. The van der Waals surface area contributed by atoms with E-state index in [2.05, 4.69) is 48.5 Å². The molecule has 0 saturated carbocycles. The fourth-order valence-electron chi connectivity index (χ4n) is 6.16. The lowest BCUT2D eigenvalue weighted by molar-refractivity contribution is -0.138. The van der Waals surface area contributed by atoms with Crippen LogP contribution < -0.4 is 31.8 Å². The quantitative estimate of drug-likeness (QED) is 0.124. The van der Waals surface area contributed by atoms with Gasteiger partial charge in [-0.25, -0.2) is 0 Å². The molecule has 0 aliphatic rings. The van der Waals surface area contributed by atoms with Crippen LogP contribution in [0.4, 0.5) is 26.3 Å². The van der Waals surface area contributed by atoms with Crippen molar-refractivity contribution in [2.24, 2.45) is 0 Å². The third-order valence-electron chi connectivity index (χ3n) is 8.99. The van der Waals surface area contributed by atoms with Crippen LogP contribution in [0.15, 0.2) is 218 Å². The van der Waals surface area contributed by atoms with Crippen LogP contribution in [0.3, 0.4) is 0 Å². The zero-order valence-corrected chi connectivity index (χ0v) is 33.6. The van der Waals surface area contributed by atoms with Crippen LogP contribution >= 0.6 is 15.8 Å². The van der Waals surface area contributed by atoms with Gasteiger partial charge in [0.15, 0.2) is 0 Å². The minimum Gasteiger partial charge on any atom is -0.508 e. The number of hydrogen-bond acceptors (Lipinski definition) is 2. The Labute approximate surface area is 347 Å². The summed E-state index contributed by atoms with van der Waals surface area (Å²) in [5.41, 5.74) is 1.25. The van der Waals surface area contributed by atoms with E-state index in [0.29, 0.717) is 10.6 Å². The minimum atomic E-state index is -4.37. The van der Waals surface area contributed by atoms with E-state index in [0.717, 1.165) is 33.4 Å². The molecule has 0 aliphatic carbocycles. The van der Waals surface area contributed by atoms with Crippen LogP contribution in [0, 0.1) is 0 Å². The molecule has 2 nitrogen and oxygen atoms in total. The number of rotatable bonds is 7. The molecule has 0 radical (unpaired) electrons. The van der Waals surface area contributed by atoms with Gasteiger partial charge in [-0.2, -0.15) is 26.3 Å². The summed E-state index contributed by atoms with van der Waals surface area (Å²) in [5, 5.41) is 23.9. The predicted octanol–water partition coefficient (Wildman–Crippen LogP) is 11.7. The summed E-state index contributed by atoms with van der Waals surface area (Å²) < 4.78 is 78.4. The topological polar surface area (TPSA) is 40.5 Å². The van der Waals surface area contributed by atoms with Crippen molar-refractivity contribution >= 4 is 47.7 Å². The van der Waals surface area contributed by atoms with E-state index in [4.69, 9.17) is 0 Å². The third-order valence-corrected chi connectivity index (χ3v) is 13.8. The predicted molar refractivity (Wildman–Crippen MR) is 236 cm³/mol. The normalized spacial score (nSPS) is 12.2. The fraction of sp³-hybridized carbons (Fsp3) is 0.0400. The molecule has 302 valence electrons. The van der Waals surface area contributed by atoms with E-state index >= 15 is 0 Å². The van der Waals surface area contributed by atoms with Gasteiger partial charge in [-0.15, -0.1) is 0 Å². The van der Waals surface area contributed by atoms with Crippen LogP contribution in [0.2, 0.25) is 0 Å². The number of phenols is 2. The smallest absolute Gasteiger partial charge is 0.416 e. The zero-order chi connectivity index (χ0) is 42.5. The molecule has 0 aromatic heterocycles.